The smallest absolute Gasteiger partial charge is 0.0902 e. The topological polar surface area (TPSA) is 44.9 Å². The minimum atomic E-state index is 0.551. The summed E-state index contributed by atoms with van der Waals surface area (Å²) in [7, 11) is 1.68. The van der Waals surface area contributed by atoms with Gasteiger partial charge in [-0.2, -0.15) is 10.2 Å². The first kappa shape index (κ1) is 14.5. The molecular weight excluding hydrogens is 276 g/mol. The zero-order valence-electron chi connectivity index (χ0n) is 12.9. The summed E-state index contributed by atoms with van der Waals surface area (Å²) in [6.07, 6.45) is 5.91. The van der Waals surface area contributed by atoms with Crippen molar-refractivity contribution in [1.82, 2.24) is 19.6 Å². The molecule has 0 amide bonds. The van der Waals surface area contributed by atoms with E-state index >= 15 is 0 Å². The summed E-state index contributed by atoms with van der Waals surface area (Å²) in [4.78, 5) is 0. The molecule has 22 heavy (non-hydrogen) atoms. The molecule has 0 aliphatic rings. The van der Waals surface area contributed by atoms with Gasteiger partial charge in [-0.25, -0.2) is 0 Å². The molecule has 2 aromatic heterocycles. The molecule has 0 bridgehead atoms. The minimum Gasteiger partial charge on any atom is -0.378 e. The summed E-state index contributed by atoms with van der Waals surface area (Å²) in [6.45, 7) is 4.17. The van der Waals surface area contributed by atoms with Gasteiger partial charge in [0, 0.05) is 19.5 Å². The molecule has 0 saturated carbocycles. The Bertz CT molecular complexity index is 727. The third-order valence-electron chi connectivity index (χ3n) is 3.46. The van der Waals surface area contributed by atoms with Crippen LogP contribution in [0, 0.1) is 6.92 Å². The van der Waals surface area contributed by atoms with Crippen LogP contribution >= 0.6 is 0 Å². The molecule has 3 rings (SSSR count). The van der Waals surface area contributed by atoms with Crippen LogP contribution in [0.5, 0.6) is 0 Å². The molecule has 0 N–H and O–H groups in total. The van der Waals surface area contributed by atoms with Crippen LogP contribution in [-0.2, 0) is 24.4 Å². The Labute approximate surface area is 130 Å². The van der Waals surface area contributed by atoms with E-state index in [4.69, 9.17) is 4.74 Å². The van der Waals surface area contributed by atoms with Gasteiger partial charge in [0.2, 0.25) is 0 Å². The molecule has 0 atom stereocenters. The molecule has 114 valence electrons. The fraction of sp³-hybridized carbons (Fsp3) is 0.294. The number of hydrogen-bond acceptors (Lipinski definition) is 3. The molecule has 0 fully saturated rings. The van der Waals surface area contributed by atoms with Crippen molar-refractivity contribution in [2.45, 2.75) is 26.6 Å². The molecule has 2 heterocycles. The average Bonchev–Trinajstić information content (AvgIpc) is 3.11. The first-order valence-corrected chi connectivity index (χ1v) is 7.31. The molecule has 0 unspecified atom stereocenters. The highest BCUT2D eigenvalue weighted by Gasteiger charge is 2.01. The number of benzene rings is 1. The Kier molecular flexibility index (Phi) is 4.34. The van der Waals surface area contributed by atoms with Crippen LogP contribution in [0.25, 0.3) is 0 Å². The predicted molar refractivity (Wildman–Crippen MR) is 84.6 cm³/mol. The lowest BCUT2D eigenvalue weighted by molar-refractivity contribution is 0.181. The van der Waals surface area contributed by atoms with Crippen molar-refractivity contribution in [2.24, 2.45) is 0 Å². The lowest BCUT2D eigenvalue weighted by atomic mass is 10.1. The van der Waals surface area contributed by atoms with Crippen molar-refractivity contribution in [1.29, 1.82) is 0 Å². The maximum atomic E-state index is 5.08. The monoisotopic (exact) mass is 296 g/mol. The van der Waals surface area contributed by atoms with Crippen LogP contribution in [-0.4, -0.2) is 26.7 Å². The maximum absolute atomic E-state index is 5.08. The third kappa shape index (κ3) is 3.62. The summed E-state index contributed by atoms with van der Waals surface area (Å²) < 4.78 is 8.97. The number of ether oxygens (including phenoxy) is 1. The number of aryl methyl sites for hydroxylation is 1. The van der Waals surface area contributed by atoms with Gasteiger partial charge in [0.15, 0.2) is 0 Å². The van der Waals surface area contributed by atoms with Crippen LogP contribution in [0.3, 0.4) is 0 Å². The first-order chi connectivity index (χ1) is 10.7. The van der Waals surface area contributed by atoms with Crippen LogP contribution in [0.1, 0.15) is 22.4 Å². The molecule has 1 aromatic carbocycles. The predicted octanol–water partition coefficient (Wildman–Crippen LogP) is 2.63. The molecule has 0 radical (unpaired) electrons. The van der Waals surface area contributed by atoms with Gasteiger partial charge in [-0.3, -0.25) is 9.36 Å². The summed E-state index contributed by atoms with van der Waals surface area (Å²) in [5.74, 6) is 0. The van der Waals surface area contributed by atoms with Crippen molar-refractivity contribution in [3.8, 4) is 0 Å². The van der Waals surface area contributed by atoms with E-state index in [-0.39, 0.29) is 0 Å². The van der Waals surface area contributed by atoms with Gasteiger partial charge < -0.3 is 4.74 Å². The second-order valence-corrected chi connectivity index (χ2v) is 5.47. The quantitative estimate of drug-likeness (QED) is 0.702. The van der Waals surface area contributed by atoms with Crippen molar-refractivity contribution < 1.29 is 4.74 Å². The Morgan fingerprint density at radius 2 is 1.68 bits per heavy atom. The second-order valence-electron chi connectivity index (χ2n) is 5.47. The Morgan fingerprint density at radius 3 is 2.27 bits per heavy atom. The van der Waals surface area contributed by atoms with Gasteiger partial charge in [0.05, 0.1) is 31.6 Å². The number of aromatic nitrogens is 4. The molecule has 0 aliphatic carbocycles. The van der Waals surface area contributed by atoms with Gasteiger partial charge in [-0.15, -0.1) is 0 Å². The Morgan fingerprint density at radius 1 is 1.00 bits per heavy atom. The number of hydrogen-bond donors (Lipinski definition) is 0. The fourth-order valence-corrected chi connectivity index (χ4v) is 2.39. The van der Waals surface area contributed by atoms with E-state index < -0.39 is 0 Å². The summed E-state index contributed by atoms with van der Waals surface area (Å²) in [6, 6.07) is 10.6. The first-order valence-electron chi connectivity index (χ1n) is 7.31. The van der Waals surface area contributed by atoms with Crippen LogP contribution in [0.2, 0.25) is 0 Å². The van der Waals surface area contributed by atoms with Crippen LogP contribution in [0.4, 0.5) is 0 Å². The Hall–Kier alpha value is -2.40. The standard InChI is InChI=1S/C17H20N4O/c1-14-9-18-21(10-14)12-16-5-3-15(4-6-16)11-20-8-7-17(19-20)13-22-2/h3-10H,11-13H2,1-2H3. The zero-order chi connectivity index (χ0) is 15.4. The Balaban J connectivity index is 1.63. The van der Waals surface area contributed by atoms with Gasteiger partial charge in [0.25, 0.3) is 0 Å². The van der Waals surface area contributed by atoms with E-state index in [1.165, 1.54) is 16.7 Å². The molecule has 0 aliphatic heterocycles. The van der Waals surface area contributed by atoms with E-state index in [0.717, 1.165) is 18.8 Å². The van der Waals surface area contributed by atoms with E-state index in [2.05, 4.69) is 47.6 Å². The van der Waals surface area contributed by atoms with Crippen LogP contribution < -0.4 is 0 Å². The maximum Gasteiger partial charge on any atom is 0.0902 e. The van der Waals surface area contributed by atoms with Crippen molar-refractivity contribution >= 4 is 0 Å². The average molecular weight is 296 g/mol. The zero-order valence-corrected chi connectivity index (χ0v) is 12.9. The highest BCUT2D eigenvalue weighted by atomic mass is 16.5. The van der Waals surface area contributed by atoms with Gasteiger partial charge >= 0.3 is 0 Å². The van der Waals surface area contributed by atoms with E-state index in [1.807, 2.05) is 27.8 Å². The molecule has 0 saturated heterocycles. The highest BCUT2D eigenvalue weighted by Crippen LogP contribution is 2.09. The molecular formula is C17H20N4O. The lowest BCUT2D eigenvalue weighted by Crippen LogP contribution is -2.03. The van der Waals surface area contributed by atoms with E-state index in [0.29, 0.717) is 6.61 Å². The number of rotatable bonds is 6. The van der Waals surface area contributed by atoms with Crippen molar-refractivity contribution in [3.05, 3.63) is 71.3 Å². The minimum absolute atomic E-state index is 0.551. The fourth-order valence-electron chi connectivity index (χ4n) is 2.39. The summed E-state index contributed by atoms with van der Waals surface area (Å²) in [5.41, 5.74) is 4.61. The molecule has 5 heteroatoms. The number of methoxy groups -OCH3 is 1. The molecule has 3 aromatic rings. The van der Waals surface area contributed by atoms with Crippen molar-refractivity contribution in [2.75, 3.05) is 7.11 Å². The van der Waals surface area contributed by atoms with E-state index in [9.17, 15) is 0 Å². The third-order valence-corrected chi connectivity index (χ3v) is 3.46. The van der Waals surface area contributed by atoms with E-state index in [1.54, 1.807) is 7.11 Å². The van der Waals surface area contributed by atoms with Gasteiger partial charge in [-0.1, -0.05) is 24.3 Å². The summed E-state index contributed by atoms with van der Waals surface area (Å²) in [5, 5.41) is 8.78. The second kappa shape index (κ2) is 6.58. The highest BCUT2D eigenvalue weighted by molar-refractivity contribution is 5.23. The van der Waals surface area contributed by atoms with Crippen molar-refractivity contribution in [3.63, 3.8) is 0 Å². The lowest BCUT2D eigenvalue weighted by Gasteiger charge is -2.05. The molecule has 0 spiro atoms. The van der Waals surface area contributed by atoms with Crippen LogP contribution in [0.15, 0.2) is 48.9 Å². The number of nitrogens with zero attached hydrogens (tertiary/aromatic N) is 4. The molecule has 5 nitrogen and oxygen atoms in total. The normalized spacial score (nSPS) is 11.0. The van der Waals surface area contributed by atoms with Gasteiger partial charge in [-0.05, 0) is 29.7 Å². The summed E-state index contributed by atoms with van der Waals surface area (Å²) >= 11 is 0. The van der Waals surface area contributed by atoms with Gasteiger partial charge in [0.1, 0.15) is 0 Å². The SMILES string of the molecule is COCc1ccn(Cc2ccc(Cn3cc(C)cn3)cc2)n1. The largest absolute Gasteiger partial charge is 0.378 e.